The minimum absolute atomic E-state index is 0.153. The lowest BCUT2D eigenvalue weighted by Crippen LogP contribution is -2.21. The van der Waals surface area contributed by atoms with Gasteiger partial charge in [0.2, 0.25) is 5.90 Å². The summed E-state index contributed by atoms with van der Waals surface area (Å²) < 4.78 is 60.4. The van der Waals surface area contributed by atoms with Crippen LogP contribution in [0.5, 0.6) is 0 Å². The monoisotopic (exact) mass is 291 g/mol. The van der Waals surface area contributed by atoms with E-state index in [1.165, 1.54) is 0 Å². The number of benzene rings is 1. The minimum Gasteiger partial charge on any atom is -0.475 e. The number of methoxy groups -OCH3 is 1. The molecule has 0 unspecified atom stereocenters. The number of halogens is 4. The standard InChI is InChI=1S/C12H9F4NO3/c1-19-11(18)9-5-20-10(17-9)6-2-7(12(14,15)16)4-8(13)3-6/h2-4,9H,5H2,1H3/t9-/m1/s1. The minimum atomic E-state index is -4.68. The molecule has 0 radical (unpaired) electrons. The number of nitrogens with zero attached hydrogens (tertiary/aromatic N) is 1. The van der Waals surface area contributed by atoms with Crippen LogP contribution < -0.4 is 0 Å². The van der Waals surface area contributed by atoms with Gasteiger partial charge in [0.25, 0.3) is 0 Å². The van der Waals surface area contributed by atoms with Crippen molar-refractivity contribution in [1.82, 2.24) is 0 Å². The Bertz CT molecular complexity index is 568. The summed E-state index contributed by atoms with van der Waals surface area (Å²) in [6.45, 7) is -0.153. The number of ether oxygens (including phenoxy) is 2. The van der Waals surface area contributed by atoms with Crippen molar-refractivity contribution in [2.24, 2.45) is 4.99 Å². The number of carbonyl (C=O) groups is 1. The fourth-order valence-corrected chi connectivity index (χ4v) is 1.67. The summed E-state index contributed by atoms with van der Waals surface area (Å²) in [5.74, 6) is -1.96. The SMILES string of the molecule is COC(=O)[C@H]1COC(c2cc(F)cc(C(F)(F)F)c2)=N1. The van der Waals surface area contributed by atoms with Gasteiger partial charge in [0.1, 0.15) is 12.4 Å². The maximum atomic E-state index is 13.2. The average molecular weight is 291 g/mol. The lowest BCUT2D eigenvalue weighted by molar-refractivity contribution is -0.142. The molecule has 0 spiro atoms. The molecular formula is C12H9F4NO3. The van der Waals surface area contributed by atoms with E-state index in [-0.39, 0.29) is 18.1 Å². The quantitative estimate of drug-likeness (QED) is 0.619. The molecule has 0 fully saturated rings. The Hall–Kier alpha value is -2.12. The fourth-order valence-electron chi connectivity index (χ4n) is 1.67. The second-order valence-corrected chi connectivity index (χ2v) is 4.01. The first kappa shape index (κ1) is 14.3. The van der Waals surface area contributed by atoms with Gasteiger partial charge in [0, 0.05) is 5.56 Å². The third-order valence-corrected chi connectivity index (χ3v) is 2.60. The molecule has 1 aliphatic heterocycles. The van der Waals surface area contributed by atoms with Crippen molar-refractivity contribution in [3.05, 3.63) is 35.1 Å². The van der Waals surface area contributed by atoms with E-state index in [2.05, 4.69) is 9.73 Å². The summed E-state index contributed by atoms with van der Waals surface area (Å²) in [6.07, 6.45) is -4.68. The van der Waals surface area contributed by atoms with Crippen LogP contribution in [0.2, 0.25) is 0 Å². The highest BCUT2D eigenvalue weighted by molar-refractivity contribution is 5.97. The Morgan fingerprint density at radius 3 is 2.70 bits per heavy atom. The first-order valence-corrected chi connectivity index (χ1v) is 5.48. The molecule has 1 heterocycles. The number of carbonyl (C=O) groups excluding carboxylic acids is 1. The molecule has 1 aromatic carbocycles. The number of alkyl halides is 3. The van der Waals surface area contributed by atoms with Crippen molar-refractivity contribution in [3.63, 3.8) is 0 Å². The first-order valence-electron chi connectivity index (χ1n) is 5.48. The van der Waals surface area contributed by atoms with Gasteiger partial charge in [-0.25, -0.2) is 14.2 Å². The molecule has 0 saturated carbocycles. The van der Waals surface area contributed by atoms with Crippen LogP contribution in [0, 0.1) is 5.82 Å². The Morgan fingerprint density at radius 1 is 1.40 bits per heavy atom. The van der Waals surface area contributed by atoms with Gasteiger partial charge >= 0.3 is 12.1 Å². The molecule has 4 nitrogen and oxygen atoms in total. The molecule has 0 saturated heterocycles. The highest BCUT2D eigenvalue weighted by Crippen LogP contribution is 2.31. The van der Waals surface area contributed by atoms with E-state index in [0.717, 1.165) is 13.2 Å². The topological polar surface area (TPSA) is 47.9 Å². The third-order valence-electron chi connectivity index (χ3n) is 2.60. The molecule has 0 N–H and O–H groups in total. The van der Waals surface area contributed by atoms with Gasteiger partial charge in [-0.05, 0) is 18.2 Å². The molecule has 108 valence electrons. The van der Waals surface area contributed by atoms with Gasteiger partial charge < -0.3 is 9.47 Å². The van der Waals surface area contributed by atoms with E-state index in [0.29, 0.717) is 12.1 Å². The summed E-state index contributed by atoms with van der Waals surface area (Å²) in [5, 5.41) is 0. The van der Waals surface area contributed by atoms with E-state index in [1.807, 2.05) is 0 Å². The van der Waals surface area contributed by atoms with Gasteiger partial charge in [-0.1, -0.05) is 0 Å². The van der Waals surface area contributed by atoms with Gasteiger partial charge in [-0.15, -0.1) is 0 Å². The molecule has 0 aliphatic carbocycles. The smallest absolute Gasteiger partial charge is 0.416 e. The number of hydrogen-bond donors (Lipinski definition) is 0. The number of rotatable bonds is 2. The second kappa shape index (κ2) is 5.10. The van der Waals surface area contributed by atoms with Gasteiger partial charge in [0.15, 0.2) is 6.04 Å². The van der Waals surface area contributed by atoms with Crippen molar-refractivity contribution >= 4 is 11.9 Å². The van der Waals surface area contributed by atoms with E-state index in [1.54, 1.807) is 0 Å². The Labute approximate surface area is 111 Å². The molecule has 20 heavy (non-hydrogen) atoms. The zero-order valence-corrected chi connectivity index (χ0v) is 10.2. The molecular weight excluding hydrogens is 282 g/mol. The molecule has 1 aliphatic rings. The summed E-state index contributed by atoms with van der Waals surface area (Å²) >= 11 is 0. The summed E-state index contributed by atoms with van der Waals surface area (Å²) in [5.41, 5.74) is -1.33. The van der Waals surface area contributed by atoms with E-state index >= 15 is 0 Å². The normalized spacial score (nSPS) is 18.4. The first-order chi connectivity index (χ1) is 9.31. The molecule has 2 rings (SSSR count). The van der Waals surface area contributed by atoms with Crippen molar-refractivity contribution in [2.75, 3.05) is 13.7 Å². The Kier molecular flexibility index (Phi) is 3.65. The van der Waals surface area contributed by atoms with E-state index < -0.39 is 29.6 Å². The van der Waals surface area contributed by atoms with Crippen molar-refractivity contribution in [1.29, 1.82) is 0 Å². The molecule has 1 atom stereocenters. The second-order valence-electron chi connectivity index (χ2n) is 4.01. The number of esters is 1. The van der Waals surface area contributed by atoms with Gasteiger partial charge in [0.05, 0.1) is 12.7 Å². The molecule has 0 amide bonds. The third kappa shape index (κ3) is 2.89. The molecule has 0 aromatic heterocycles. The van der Waals surface area contributed by atoms with Crippen LogP contribution in [-0.2, 0) is 20.4 Å². The molecule has 8 heteroatoms. The number of aliphatic imine (C=N–C) groups is 1. The highest BCUT2D eigenvalue weighted by atomic mass is 19.4. The zero-order chi connectivity index (χ0) is 14.9. The highest BCUT2D eigenvalue weighted by Gasteiger charge is 2.33. The Morgan fingerprint density at radius 2 is 2.10 bits per heavy atom. The van der Waals surface area contributed by atoms with Crippen molar-refractivity contribution < 1.29 is 31.8 Å². The van der Waals surface area contributed by atoms with Gasteiger partial charge in [-0.2, -0.15) is 13.2 Å². The average Bonchev–Trinajstić information content (AvgIpc) is 2.85. The van der Waals surface area contributed by atoms with E-state index in [4.69, 9.17) is 4.74 Å². The maximum absolute atomic E-state index is 13.2. The van der Waals surface area contributed by atoms with Crippen LogP contribution in [0.15, 0.2) is 23.2 Å². The predicted molar refractivity (Wildman–Crippen MR) is 59.7 cm³/mol. The van der Waals surface area contributed by atoms with Crippen LogP contribution in [0.3, 0.4) is 0 Å². The zero-order valence-electron chi connectivity index (χ0n) is 10.2. The summed E-state index contributed by atoms with van der Waals surface area (Å²) in [4.78, 5) is 15.0. The van der Waals surface area contributed by atoms with Crippen LogP contribution in [0.4, 0.5) is 17.6 Å². The molecule has 1 aromatic rings. The maximum Gasteiger partial charge on any atom is 0.416 e. The van der Waals surface area contributed by atoms with Crippen molar-refractivity contribution in [3.8, 4) is 0 Å². The summed E-state index contributed by atoms with van der Waals surface area (Å²) in [6, 6.07) is 0.985. The van der Waals surface area contributed by atoms with E-state index in [9.17, 15) is 22.4 Å². The largest absolute Gasteiger partial charge is 0.475 e. The predicted octanol–water partition coefficient (Wildman–Crippen LogP) is 2.16. The molecule has 0 bridgehead atoms. The van der Waals surface area contributed by atoms with Gasteiger partial charge in [-0.3, -0.25) is 0 Å². The number of hydrogen-bond acceptors (Lipinski definition) is 4. The van der Waals surface area contributed by atoms with Crippen LogP contribution in [-0.4, -0.2) is 31.6 Å². The van der Waals surface area contributed by atoms with Crippen LogP contribution in [0.25, 0.3) is 0 Å². The lowest BCUT2D eigenvalue weighted by Gasteiger charge is -2.09. The van der Waals surface area contributed by atoms with Crippen LogP contribution >= 0.6 is 0 Å². The lowest BCUT2D eigenvalue weighted by atomic mass is 10.1. The summed E-state index contributed by atoms with van der Waals surface area (Å²) in [7, 11) is 1.15. The van der Waals surface area contributed by atoms with Crippen LogP contribution in [0.1, 0.15) is 11.1 Å². The Balaban J connectivity index is 2.35. The fraction of sp³-hybridized carbons (Fsp3) is 0.333. The van der Waals surface area contributed by atoms with Crippen molar-refractivity contribution in [2.45, 2.75) is 12.2 Å².